The summed E-state index contributed by atoms with van der Waals surface area (Å²) >= 11 is 1.84. The Labute approximate surface area is 165 Å². The molecule has 2 aliphatic rings. The first-order valence-corrected chi connectivity index (χ1v) is 10.7. The first-order valence-electron chi connectivity index (χ1n) is 9.70. The number of piperidine rings is 1. The van der Waals surface area contributed by atoms with Crippen molar-refractivity contribution in [1.29, 1.82) is 0 Å². The fraction of sp³-hybridized carbons (Fsp3) is 0.409. The van der Waals surface area contributed by atoms with E-state index < -0.39 is 0 Å². The summed E-state index contributed by atoms with van der Waals surface area (Å²) in [7, 11) is 0. The predicted molar refractivity (Wildman–Crippen MR) is 110 cm³/mol. The molecule has 0 aromatic heterocycles. The molecule has 5 heteroatoms. The van der Waals surface area contributed by atoms with Gasteiger partial charge in [0.25, 0.3) is 0 Å². The number of para-hydroxylation sites is 1. The number of carbonyl (C=O) groups is 1. The summed E-state index contributed by atoms with van der Waals surface area (Å²) in [6, 6.07) is 18.5. The van der Waals surface area contributed by atoms with Crippen molar-refractivity contribution in [3.8, 4) is 0 Å². The second-order valence-electron chi connectivity index (χ2n) is 7.13. The number of thioether (sulfide) groups is 1. The average Bonchev–Trinajstić information content (AvgIpc) is 2.73. The van der Waals surface area contributed by atoms with Crippen LogP contribution in [0.1, 0.15) is 18.4 Å². The molecule has 0 atom stereocenters. The Bertz CT molecular complexity index is 760. The number of hydrogen-bond donors (Lipinski definition) is 0. The van der Waals surface area contributed by atoms with Crippen molar-refractivity contribution in [2.24, 2.45) is 0 Å². The molecular weight excluding hydrogens is 356 g/mol. The van der Waals surface area contributed by atoms with E-state index in [-0.39, 0.29) is 5.91 Å². The molecule has 1 amide bonds. The van der Waals surface area contributed by atoms with Crippen LogP contribution in [0, 0.1) is 0 Å². The van der Waals surface area contributed by atoms with Gasteiger partial charge in [0.05, 0.1) is 24.9 Å². The van der Waals surface area contributed by atoms with Crippen LogP contribution < -0.4 is 4.90 Å². The summed E-state index contributed by atoms with van der Waals surface area (Å²) in [5, 5.41) is 0. The fourth-order valence-corrected chi connectivity index (χ4v) is 4.72. The first kappa shape index (κ1) is 18.5. The number of benzene rings is 2. The average molecular weight is 383 g/mol. The van der Waals surface area contributed by atoms with Crippen LogP contribution in [0.5, 0.6) is 0 Å². The highest BCUT2D eigenvalue weighted by atomic mass is 32.2. The van der Waals surface area contributed by atoms with Gasteiger partial charge in [0.2, 0.25) is 5.91 Å². The van der Waals surface area contributed by atoms with Gasteiger partial charge in [0.1, 0.15) is 0 Å². The highest BCUT2D eigenvalue weighted by molar-refractivity contribution is 7.99. The predicted octanol–water partition coefficient (Wildman–Crippen LogP) is 3.81. The van der Waals surface area contributed by atoms with Crippen molar-refractivity contribution >= 4 is 23.4 Å². The van der Waals surface area contributed by atoms with Gasteiger partial charge < -0.3 is 9.64 Å². The summed E-state index contributed by atoms with van der Waals surface area (Å²) in [5.74, 6) is 1.18. The molecule has 1 saturated heterocycles. The highest BCUT2D eigenvalue weighted by Gasteiger charge is 2.26. The van der Waals surface area contributed by atoms with Gasteiger partial charge in [0, 0.05) is 30.3 Å². The van der Waals surface area contributed by atoms with E-state index in [0.717, 1.165) is 43.9 Å². The topological polar surface area (TPSA) is 32.8 Å². The van der Waals surface area contributed by atoms with Gasteiger partial charge in [-0.05, 0) is 30.5 Å². The number of fused-ring (bicyclic) bond motifs is 1. The van der Waals surface area contributed by atoms with Gasteiger partial charge in [0.15, 0.2) is 0 Å². The van der Waals surface area contributed by atoms with Crippen molar-refractivity contribution in [2.45, 2.75) is 30.4 Å². The third-order valence-corrected chi connectivity index (χ3v) is 6.29. The molecule has 0 N–H and O–H groups in total. The van der Waals surface area contributed by atoms with E-state index >= 15 is 0 Å². The minimum atomic E-state index is 0.214. The van der Waals surface area contributed by atoms with Crippen molar-refractivity contribution in [3.05, 3.63) is 60.2 Å². The summed E-state index contributed by atoms with van der Waals surface area (Å²) in [6.07, 6.45) is 2.28. The Morgan fingerprint density at radius 3 is 2.56 bits per heavy atom. The Morgan fingerprint density at radius 2 is 1.74 bits per heavy atom. The summed E-state index contributed by atoms with van der Waals surface area (Å²) in [5.41, 5.74) is 2.29. The van der Waals surface area contributed by atoms with Gasteiger partial charge in [-0.3, -0.25) is 9.69 Å². The van der Waals surface area contributed by atoms with Crippen LogP contribution in [0.3, 0.4) is 0 Å². The molecule has 2 aliphatic heterocycles. The molecule has 0 saturated carbocycles. The molecule has 0 radical (unpaired) electrons. The maximum Gasteiger partial charge on any atom is 0.241 e. The molecule has 0 aliphatic carbocycles. The molecule has 2 aromatic rings. The van der Waals surface area contributed by atoms with Gasteiger partial charge in [-0.1, -0.05) is 42.5 Å². The second-order valence-corrected chi connectivity index (χ2v) is 8.27. The molecule has 27 heavy (non-hydrogen) atoms. The van der Waals surface area contributed by atoms with Gasteiger partial charge in [-0.25, -0.2) is 0 Å². The molecule has 2 heterocycles. The van der Waals surface area contributed by atoms with Crippen LogP contribution in [-0.4, -0.2) is 48.8 Å². The third kappa shape index (κ3) is 4.72. The summed E-state index contributed by atoms with van der Waals surface area (Å²) in [6.45, 7) is 3.83. The van der Waals surface area contributed by atoms with Crippen LogP contribution in [0.4, 0.5) is 5.69 Å². The van der Waals surface area contributed by atoms with Crippen molar-refractivity contribution in [3.63, 3.8) is 0 Å². The summed E-state index contributed by atoms with van der Waals surface area (Å²) < 4.78 is 6.06. The van der Waals surface area contributed by atoms with Crippen LogP contribution >= 0.6 is 11.8 Å². The van der Waals surface area contributed by atoms with E-state index in [0.29, 0.717) is 19.3 Å². The minimum absolute atomic E-state index is 0.214. The lowest BCUT2D eigenvalue weighted by Gasteiger charge is -2.34. The van der Waals surface area contributed by atoms with E-state index in [2.05, 4.69) is 29.2 Å². The highest BCUT2D eigenvalue weighted by Crippen LogP contribution is 2.34. The van der Waals surface area contributed by atoms with Crippen molar-refractivity contribution in [1.82, 2.24) is 4.90 Å². The Kier molecular flexibility index (Phi) is 6.12. The first-order chi connectivity index (χ1) is 13.3. The van der Waals surface area contributed by atoms with E-state index in [1.165, 1.54) is 10.5 Å². The number of carbonyl (C=O) groups excluding carboxylic acids is 1. The van der Waals surface area contributed by atoms with Gasteiger partial charge in [-0.15, -0.1) is 11.8 Å². The molecule has 0 unspecified atom stereocenters. The normalized spacial score (nSPS) is 18.3. The largest absolute Gasteiger partial charge is 0.373 e. The molecule has 1 fully saturated rings. The molecule has 0 bridgehead atoms. The lowest BCUT2D eigenvalue weighted by Crippen LogP contribution is -2.46. The molecule has 142 valence electrons. The second kappa shape index (κ2) is 8.91. The SMILES string of the molecule is O=C(CN1CCC(OCc2ccccc2)CC1)N1CCSc2ccccc21. The zero-order valence-electron chi connectivity index (χ0n) is 15.5. The number of ether oxygens (including phenoxy) is 1. The number of hydrogen-bond acceptors (Lipinski definition) is 4. The maximum atomic E-state index is 12.9. The number of likely N-dealkylation sites (tertiary alicyclic amines) is 1. The quantitative estimate of drug-likeness (QED) is 0.787. The van der Waals surface area contributed by atoms with Crippen molar-refractivity contribution < 1.29 is 9.53 Å². The van der Waals surface area contributed by atoms with Crippen molar-refractivity contribution in [2.75, 3.05) is 36.8 Å². The number of amides is 1. The van der Waals surface area contributed by atoms with E-state index in [4.69, 9.17) is 4.74 Å². The van der Waals surface area contributed by atoms with Crippen LogP contribution in [0.15, 0.2) is 59.5 Å². The van der Waals surface area contributed by atoms with E-state index in [9.17, 15) is 4.79 Å². The lowest BCUT2D eigenvalue weighted by atomic mass is 10.1. The molecule has 4 rings (SSSR count). The molecular formula is C22H26N2O2S. The summed E-state index contributed by atoms with van der Waals surface area (Å²) in [4.78, 5) is 18.3. The van der Waals surface area contributed by atoms with Crippen LogP contribution in [0.2, 0.25) is 0 Å². The van der Waals surface area contributed by atoms with Crippen LogP contribution in [-0.2, 0) is 16.1 Å². The zero-order chi connectivity index (χ0) is 18.5. The van der Waals surface area contributed by atoms with E-state index in [1.54, 1.807) is 0 Å². The van der Waals surface area contributed by atoms with Crippen LogP contribution in [0.25, 0.3) is 0 Å². The number of rotatable bonds is 5. The fourth-order valence-electron chi connectivity index (χ4n) is 3.73. The molecule has 0 spiro atoms. The Hall–Kier alpha value is -1.82. The number of anilines is 1. The number of nitrogens with zero attached hydrogens (tertiary/aromatic N) is 2. The molecule has 4 nitrogen and oxygen atoms in total. The monoisotopic (exact) mass is 382 g/mol. The zero-order valence-corrected chi connectivity index (χ0v) is 16.4. The Balaban J connectivity index is 1.25. The Morgan fingerprint density at radius 1 is 1.00 bits per heavy atom. The van der Waals surface area contributed by atoms with Gasteiger partial charge >= 0.3 is 0 Å². The van der Waals surface area contributed by atoms with Gasteiger partial charge in [-0.2, -0.15) is 0 Å². The third-order valence-electron chi connectivity index (χ3n) is 5.25. The molecule has 2 aromatic carbocycles. The maximum absolute atomic E-state index is 12.9. The smallest absolute Gasteiger partial charge is 0.241 e. The minimum Gasteiger partial charge on any atom is -0.373 e. The standard InChI is InChI=1S/C22H26N2O2S/c25-22(24-14-15-27-21-9-5-4-8-20(21)24)16-23-12-10-19(11-13-23)26-17-18-6-2-1-3-7-18/h1-9,19H,10-17H2. The lowest BCUT2D eigenvalue weighted by molar-refractivity contribution is -0.120. The van der Waals surface area contributed by atoms with E-state index in [1.807, 2.05) is 47.0 Å².